The van der Waals surface area contributed by atoms with Crippen molar-refractivity contribution in [3.63, 3.8) is 0 Å². The van der Waals surface area contributed by atoms with E-state index in [1.54, 1.807) is 7.11 Å². The van der Waals surface area contributed by atoms with Crippen molar-refractivity contribution in [2.24, 2.45) is 4.99 Å². The highest BCUT2D eigenvalue weighted by atomic mass is 32.2. The van der Waals surface area contributed by atoms with Gasteiger partial charge in [0, 0.05) is 68.7 Å². The van der Waals surface area contributed by atoms with Gasteiger partial charge >= 0.3 is 0 Å². The number of guanidine groups is 1. The van der Waals surface area contributed by atoms with Gasteiger partial charge in [-0.05, 0) is 36.8 Å². The monoisotopic (exact) mass is 442 g/mol. The second-order valence-electron chi connectivity index (χ2n) is 7.31. The van der Waals surface area contributed by atoms with Gasteiger partial charge in [0.1, 0.15) is 5.75 Å². The number of nitrogens with one attached hydrogen (secondary N) is 2. The van der Waals surface area contributed by atoms with E-state index in [2.05, 4.69) is 46.7 Å². The van der Waals surface area contributed by atoms with E-state index < -0.39 is 0 Å². The van der Waals surface area contributed by atoms with Gasteiger partial charge in [-0.25, -0.2) is 4.99 Å². The van der Waals surface area contributed by atoms with Crippen LogP contribution in [0.25, 0.3) is 0 Å². The van der Waals surface area contributed by atoms with Crippen molar-refractivity contribution in [2.45, 2.75) is 19.9 Å². The van der Waals surface area contributed by atoms with Crippen molar-refractivity contribution in [3.8, 4) is 5.75 Å². The Balaban J connectivity index is 1.57. The van der Waals surface area contributed by atoms with Crippen LogP contribution >= 0.6 is 11.8 Å². The molecule has 168 valence electrons. The first-order valence-electron chi connectivity index (χ1n) is 11.0. The zero-order chi connectivity index (χ0) is 21.7. The molecule has 0 atom stereocenters. The molecule has 0 spiro atoms. The smallest absolute Gasteiger partial charge is 0.196 e. The maximum atomic E-state index is 5.80. The molecule has 0 aromatic heterocycles. The van der Waals surface area contributed by atoms with E-state index in [9.17, 15) is 0 Å². The fourth-order valence-electron chi connectivity index (χ4n) is 3.30. The first-order valence-corrected chi connectivity index (χ1v) is 12.1. The van der Waals surface area contributed by atoms with Crippen LogP contribution in [0, 0.1) is 0 Å². The zero-order valence-electron chi connectivity index (χ0n) is 18.6. The van der Waals surface area contributed by atoms with Gasteiger partial charge in [-0.3, -0.25) is 0 Å². The van der Waals surface area contributed by atoms with Gasteiger partial charge in [0.2, 0.25) is 0 Å². The molecule has 7 heteroatoms. The minimum absolute atomic E-state index is 0.624. The van der Waals surface area contributed by atoms with Crippen LogP contribution in [-0.4, -0.2) is 57.4 Å². The largest absolute Gasteiger partial charge is 0.493 e. The third-order valence-electron chi connectivity index (χ3n) is 4.93. The summed E-state index contributed by atoms with van der Waals surface area (Å²) in [5, 5.41) is 6.69. The third-order valence-corrected chi connectivity index (χ3v) is 5.88. The summed E-state index contributed by atoms with van der Waals surface area (Å²) in [4.78, 5) is 7.22. The van der Waals surface area contributed by atoms with Gasteiger partial charge in [-0.15, -0.1) is 0 Å². The number of aliphatic imine (C=N–C) groups is 1. The molecular formula is C24H34N4O2S. The van der Waals surface area contributed by atoms with E-state index in [0.717, 1.165) is 43.5 Å². The Morgan fingerprint density at radius 2 is 1.90 bits per heavy atom. The molecule has 0 radical (unpaired) electrons. The van der Waals surface area contributed by atoms with Crippen molar-refractivity contribution in [2.75, 3.05) is 61.7 Å². The molecule has 1 fully saturated rings. The van der Waals surface area contributed by atoms with Crippen LogP contribution in [0.4, 0.5) is 11.4 Å². The molecule has 1 aliphatic heterocycles. The van der Waals surface area contributed by atoms with Gasteiger partial charge in [0.15, 0.2) is 5.96 Å². The second kappa shape index (κ2) is 13.1. The van der Waals surface area contributed by atoms with Crippen molar-refractivity contribution in [1.82, 2.24) is 5.32 Å². The highest BCUT2D eigenvalue weighted by Gasteiger charge is 2.10. The number of ether oxygens (including phenoxy) is 2. The van der Waals surface area contributed by atoms with Gasteiger partial charge in [-0.1, -0.05) is 18.2 Å². The molecule has 6 nitrogen and oxygen atoms in total. The Morgan fingerprint density at radius 3 is 2.65 bits per heavy atom. The zero-order valence-corrected chi connectivity index (χ0v) is 19.4. The Morgan fingerprint density at radius 1 is 1.10 bits per heavy atom. The lowest BCUT2D eigenvalue weighted by Gasteiger charge is -2.28. The number of hydrogen-bond acceptors (Lipinski definition) is 5. The lowest BCUT2D eigenvalue weighted by molar-refractivity contribution is 0.172. The Labute approximate surface area is 190 Å². The Bertz CT molecular complexity index is 807. The number of nitrogens with zero attached hydrogens (tertiary/aromatic N) is 2. The molecule has 2 aromatic carbocycles. The fraction of sp³-hybridized carbons (Fsp3) is 0.458. The number of rotatable bonds is 10. The Kier molecular flexibility index (Phi) is 9.86. The topological polar surface area (TPSA) is 58.1 Å². The summed E-state index contributed by atoms with van der Waals surface area (Å²) in [6.45, 7) is 7.09. The number of thioether (sulfide) groups is 1. The first kappa shape index (κ1) is 23.3. The summed E-state index contributed by atoms with van der Waals surface area (Å²) in [5.74, 6) is 4.02. The van der Waals surface area contributed by atoms with Crippen molar-refractivity contribution in [1.29, 1.82) is 0 Å². The molecule has 0 saturated carbocycles. The lowest BCUT2D eigenvalue weighted by atomic mass is 10.2. The molecule has 3 rings (SSSR count). The normalized spacial score (nSPS) is 14.4. The van der Waals surface area contributed by atoms with E-state index >= 15 is 0 Å². The molecule has 1 heterocycles. The molecule has 0 unspecified atom stereocenters. The van der Waals surface area contributed by atoms with Crippen LogP contribution in [0.5, 0.6) is 5.75 Å². The first-order chi connectivity index (χ1) is 15.3. The van der Waals surface area contributed by atoms with Crippen LogP contribution in [0.2, 0.25) is 0 Å². The molecule has 1 aliphatic rings. The number of hydrogen-bond donors (Lipinski definition) is 2. The number of benzene rings is 2. The van der Waals surface area contributed by atoms with Crippen molar-refractivity contribution >= 4 is 29.1 Å². The predicted molar refractivity (Wildman–Crippen MR) is 133 cm³/mol. The van der Waals surface area contributed by atoms with Crippen LogP contribution < -0.4 is 20.3 Å². The predicted octanol–water partition coefficient (Wildman–Crippen LogP) is 4.23. The van der Waals surface area contributed by atoms with E-state index in [-0.39, 0.29) is 0 Å². The molecule has 1 saturated heterocycles. The van der Waals surface area contributed by atoms with E-state index in [0.29, 0.717) is 19.8 Å². The maximum absolute atomic E-state index is 5.80. The summed E-state index contributed by atoms with van der Waals surface area (Å²) in [6, 6.07) is 16.7. The molecule has 0 bridgehead atoms. The van der Waals surface area contributed by atoms with Gasteiger partial charge in [-0.2, -0.15) is 11.8 Å². The standard InChI is InChI=1S/C24H34N4O2S/c1-3-25-24(27-21-6-4-7-23(18-21)30-15-5-14-29-2)26-19-20-8-10-22(11-9-20)28-12-16-31-17-13-28/h4,6-11,18H,3,5,12-17,19H2,1-2H3,(H2,25,26,27). The average Bonchev–Trinajstić information content (AvgIpc) is 2.82. The minimum Gasteiger partial charge on any atom is -0.493 e. The SMILES string of the molecule is CCNC(=NCc1ccc(N2CCSCC2)cc1)Nc1cccc(OCCCOC)c1. The van der Waals surface area contributed by atoms with Crippen LogP contribution in [-0.2, 0) is 11.3 Å². The minimum atomic E-state index is 0.624. The van der Waals surface area contributed by atoms with E-state index in [4.69, 9.17) is 14.5 Å². The van der Waals surface area contributed by atoms with Crippen molar-refractivity contribution < 1.29 is 9.47 Å². The molecule has 2 aromatic rings. The average molecular weight is 443 g/mol. The summed E-state index contributed by atoms with van der Waals surface area (Å²) in [5.41, 5.74) is 3.45. The van der Waals surface area contributed by atoms with Gasteiger partial charge in [0.05, 0.1) is 13.2 Å². The van der Waals surface area contributed by atoms with E-state index in [1.807, 2.05) is 36.0 Å². The van der Waals surface area contributed by atoms with Crippen molar-refractivity contribution in [3.05, 3.63) is 54.1 Å². The molecule has 0 amide bonds. The summed E-state index contributed by atoms with van der Waals surface area (Å²) >= 11 is 2.03. The molecule has 0 aliphatic carbocycles. The number of anilines is 2. The second-order valence-corrected chi connectivity index (χ2v) is 8.53. The lowest BCUT2D eigenvalue weighted by Crippen LogP contribution is -2.32. The van der Waals surface area contributed by atoms with Gasteiger partial charge in [0.25, 0.3) is 0 Å². The number of methoxy groups -OCH3 is 1. The summed E-state index contributed by atoms with van der Waals surface area (Å²) < 4.78 is 10.9. The Hall–Kier alpha value is -2.38. The summed E-state index contributed by atoms with van der Waals surface area (Å²) in [7, 11) is 1.70. The highest BCUT2D eigenvalue weighted by molar-refractivity contribution is 7.99. The maximum Gasteiger partial charge on any atom is 0.196 e. The van der Waals surface area contributed by atoms with Gasteiger partial charge < -0.3 is 25.0 Å². The third kappa shape index (κ3) is 7.99. The van der Waals surface area contributed by atoms with Crippen LogP contribution in [0.15, 0.2) is 53.5 Å². The summed E-state index contributed by atoms with van der Waals surface area (Å²) in [6.07, 6.45) is 0.869. The van der Waals surface area contributed by atoms with E-state index in [1.165, 1.54) is 22.8 Å². The molecule has 2 N–H and O–H groups in total. The highest BCUT2D eigenvalue weighted by Crippen LogP contribution is 2.20. The quantitative estimate of drug-likeness (QED) is 0.326. The molecular weight excluding hydrogens is 408 g/mol. The molecule has 31 heavy (non-hydrogen) atoms. The van der Waals surface area contributed by atoms with Crippen LogP contribution in [0.1, 0.15) is 18.9 Å². The fourth-order valence-corrected chi connectivity index (χ4v) is 4.21. The van der Waals surface area contributed by atoms with Crippen LogP contribution in [0.3, 0.4) is 0 Å².